The van der Waals surface area contributed by atoms with Gasteiger partial charge in [0.15, 0.2) is 0 Å². The second-order valence-corrected chi connectivity index (χ2v) is 5.55. The molecule has 0 saturated carbocycles. The first-order valence-corrected chi connectivity index (χ1v) is 6.79. The number of fused-ring (bicyclic) bond motifs is 1. The first-order valence-electron chi connectivity index (χ1n) is 5.97. The Morgan fingerprint density at radius 3 is 2.79 bits per heavy atom. The topological polar surface area (TPSA) is 21.3 Å². The molecule has 0 radical (unpaired) electrons. The van der Waals surface area contributed by atoms with Crippen LogP contribution in [0, 0.1) is 0 Å². The molecule has 2 nitrogen and oxygen atoms in total. The highest BCUT2D eigenvalue weighted by Crippen LogP contribution is 2.38. The third-order valence-electron chi connectivity index (χ3n) is 3.12. The molecule has 1 saturated heterocycles. The zero-order chi connectivity index (χ0) is 13.5. The van der Waals surface area contributed by atoms with Gasteiger partial charge in [0.25, 0.3) is 0 Å². The first-order chi connectivity index (χ1) is 9.04. The minimum absolute atomic E-state index is 0.0765. The quantitative estimate of drug-likeness (QED) is 0.865. The highest BCUT2D eigenvalue weighted by Gasteiger charge is 2.32. The van der Waals surface area contributed by atoms with Crippen LogP contribution in [0.5, 0.6) is 0 Å². The van der Waals surface area contributed by atoms with Crippen molar-refractivity contribution in [2.24, 2.45) is 0 Å². The Morgan fingerprint density at radius 2 is 2.11 bits per heavy atom. The fourth-order valence-corrected chi connectivity index (χ4v) is 3.09. The van der Waals surface area contributed by atoms with Crippen LogP contribution in [0.2, 0.25) is 0 Å². The van der Waals surface area contributed by atoms with Crippen LogP contribution in [0.4, 0.5) is 13.2 Å². The Morgan fingerprint density at radius 1 is 1.26 bits per heavy atom. The SMILES string of the molecule is FC(F)(F)c1cc2cc(C3CNCCO3)ccc2s1. The number of nitrogens with one attached hydrogen (secondary N) is 1. The van der Waals surface area contributed by atoms with E-state index in [-0.39, 0.29) is 6.10 Å². The van der Waals surface area contributed by atoms with Crippen molar-refractivity contribution in [3.8, 4) is 0 Å². The summed E-state index contributed by atoms with van der Waals surface area (Å²) in [5.74, 6) is 0. The van der Waals surface area contributed by atoms with E-state index in [0.29, 0.717) is 23.2 Å². The van der Waals surface area contributed by atoms with Gasteiger partial charge in [-0.3, -0.25) is 0 Å². The van der Waals surface area contributed by atoms with E-state index in [1.165, 1.54) is 6.07 Å². The summed E-state index contributed by atoms with van der Waals surface area (Å²) in [6.45, 7) is 2.14. The second-order valence-electron chi connectivity index (χ2n) is 4.47. The molecule has 0 amide bonds. The molecule has 0 bridgehead atoms. The lowest BCUT2D eigenvalue weighted by Gasteiger charge is -2.23. The minimum atomic E-state index is -4.27. The predicted molar refractivity (Wildman–Crippen MR) is 68.4 cm³/mol. The van der Waals surface area contributed by atoms with E-state index in [1.807, 2.05) is 6.07 Å². The van der Waals surface area contributed by atoms with Crippen molar-refractivity contribution < 1.29 is 17.9 Å². The van der Waals surface area contributed by atoms with Gasteiger partial charge in [-0.1, -0.05) is 6.07 Å². The minimum Gasteiger partial charge on any atom is -0.371 e. The number of halogens is 3. The van der Waals surface area contributed by atoms with Crippen LogP contribution in [-0.2, 0) is 10.9 Å². The van der Waals surface area contributed by atoms with Gasteiger partial charge < -0.3 is 10.1 Å². The highest BCUT2D eigenvalue weighted by molar-refractivity contribution is 7.19. The summed E-state index contributed by atoms with van der Waals surface area (Å²) in [5, 5.41) is 3.84. The van der Waals surface area contributed by atoms with E-state index in [1.54, 1.807) is 12.1 Å². The highest BCUT2D eigenvalue weighted by atomic mass is 32.1. The van der Waals surface area contributed by atoms with Gasteiger partial charge in [-0.15, -0.1) is 11.3 Å². The monoisotopic (exact) mass is 287 g/mol. The average Bonchev–Trinajstić information content (AvgIpc) is 2.82. The van der Waals surface area contributed by atoms with Crippen molar-refractivity contribution in [3.63, 3.8) is 0 Å². The summed E-state index contributed by atoms with van der Waals surface area (Å²) >= 11 is 0.778. The molecule has 1 unspecified atom stereocenters. The number of alkyl halides is 3. The zero-order valence-electron chi connectivity index (χ0n) is 9.96. The molecule has 3 rings (SSSR count). The van der Waals surface area contributed by atoms with E-state index in [2.05, 4.69) is 5.32 Å². The van der Waals surface area contributed by atoms with Gasteiger partial charge in [0.2, 0.25) is 0 Å². The molecule has 1 N–H and O–H groups in total. The van der Waals surface area contributed by atoms with Crippen molar-refractivity contribution >= 4 is 21.4 Å². The average molecular weight is 287 g/mol. The molecule has 1 atom stereocenters. The molecular formula is C13H12F3NOS. The van der Waals surface area contributed by atoms with Crippen molar-refractivity contribution in [1.82, 2.24) is 5.32 Å². The van der Waals surface area contributed by atoms with Gasteiger partial charge in [-0.2, -0.15) is 13.2 Å². The van der Waals surface area contributed by atoms with Crippen molar-refractivity contribution in [2.45, 2.75) is 12.3 Å². The number of morpholine rings is 1. The summed E-state index contributed by atoms with van der Waals surface area (Å²) in [6.07, 6.45) is -4.35. The van der Waals surface area contributed by atoms with Crippen molar-refractivity contribution in [2.75, 3.05) is 19.7 Å². The summed E-state index contributed by atoms with van der Waals surface area (Å²) in [6, 6.07) is 6.58. The van der Waals surface area contributed by atoms with Crippen LogP contribution in [0.25, 0.3) is 10.1 Å². The third-order valence-corrected chi connectivity index (χ3v) is 4.28. The largest absolute Gasteiger partial charge is 0.425 e. The van der Waals surface area contributed by atoms with E-state index in [0.717, 1.165) is 23.4 Å². The molecule has 102 valence electrons. The molecule has 1 aromatic heterocycles. The number of benzene rings is 1. The fraction of sp³-hybridized carbons (Fsp3) is 0.385. The van der Waals surface area contributed by atoms with E-state index < -0.39 is 11.1 Å². The lowest BCUT2D eigenvalue weighted by Crippen LogP contribution is -2.33. The lowest BCUT2D eigenvalue weighted by atomic mass is 10.1. The normalized spacial score (nSPS) is 20.9. The predicted octanol–water partition coefficient (Wildman–Crippen LogP) is 3.58. The van der Waals surface area contributed by atoms with Crippen LogP contribution in [0.1, 0.15) is 16.5 Å². The van der Waals surface area contributed by atoms with Crippen molar-refractivity contribution in [1.29, 1.82) is 0 Å². The van der Waals surface area contributed by atoms with Gasteiger partial charge in [-0.05, 0) is 29.1 Å². The number of ether oxygens (including phenoxy) is 1. The summed E-state index contributed by atoms with van der Waals surface area (Å²) in [7, 11) is 0. The van der Waals surface area contributed by atoms with E-state index >= 15 is 0 Å². The van der Waals surface area contributed by atoms with Crippen LogP contribution in [-0.4, -0.2) is 19.7 Å². The van der Waals surface area contributed by atoms with Crippen LogP contribution in [0.3, 0.4) is 0 Å². The summed E-state index contributed by atoms with van der Waals surface area (Å²) in [5.41, 5.74) is 0.922. The van der Waals surface area contributed by atoms with E-state index in [9.17, 15) is 13.2 Å². The molecule has 1 aromatic carbocycles. The zero-order valence-corrected chi connectivity index (χ0v) is 10.8. The molecule has 1 fully saturated rings. The molecule has 2 heterocycles. The van der Waals surface area contributed by atoms with Crippen LogP contribution < -0.4 is 5.32 Å². The summed E-state index contributed by atoms with van der Waals surface area (Å²) in [4.78, 5) is -0.553. The van der Waals surface area contributed by atoms with Gasteiger partial charge in [0.05, 0.1) is 12.7 Å². The Hall–Kier alpha value is -1.11. The van der Waals surface area contributed by atoms with Crippen LogP contribution in [0.15, 0.2) is 24.3 Å². The number of hydrogen-bond acceptors (Lipinski definition) is 3. The molecule has 6 heteroatoms. The molecular weight excluding hydrogens is 275 g/mol. The Bertz CT molecular complexity index is 587. The van der Waals surface area contributed by atoms with Gasteiger partial charge in [0, 0.05) is 17.8 Å². The first kappa shape index (κ1) is 12.9. The van der Waals surface area contributed by atoms with E-state index in [4.69, 9.17) is 4.74 Å². The maximum atomic E-state index is 12.7. The molecule has 19 heavy (non-hydrogen) atoms. The lowest BCUT2D eigenvalue weighted by molar-refractivity contribution is -0.134. The maximum Gasteiger partial charge on any atom is 0.425 e. The Balaban J connectivity index is 1.96. The molecule has 2 aromatic rings. The standard InChI is InChI=1S/C13H12F3NOS/c14-13(15,16)12-6-9-5-8(1-2-11(9)19-12)10-7-17-3-4-18-10/h1-2,5-6,10,17H,3-4,7H2. The molecule has 0 aliphatic carbocycles. The smallest absolute Gasteiger partial charge is 0.371 e. The van der Waals surface area contributed by atoms with Gasteiger partial charge in [-0.25, -0.2) is 0 Å². The number of hydrogen-bond donors (Lipinski definition) is 1. The van der Waals surface area contributed by atoms with Crippen molar-refractivity contribution in [3.05, 3.63) is 34.7 Å². The molecule has 1 aliphatic heterocycles. The fourth-order valence-electron chi connectivity index (χ4n) is 2.18. The Labute approximate surface area is 112 Å². The second kappa shape index (κ2) is 4.77. The maximum absolute atomic E-state index is 12.7. The Kier molecular flexibility index (Phi) is 3.24. The summed E-state index contributed by atoms with van der Waals surface area (Å²) < 4.78 is 44.2. The molecule has 0 spiro atoms. The molecule has 1 aliphatic rings. The van der Waals surface area contributed by atoms with Gasteiger partial charge in [0.1, 0.15) is 4.88 Å². The van der Waals surface area contributed by atoms with Crippen LogP contribution >= 0.6 is 11.3 Å². The third kappa shape index (κ3) is 2.61. The number of rotatable bonds is 1. The number of thiophene rings is 1. The van der Waals surface area contributed by atoms with Gasteiger partial charge >= 0.3 is 6.18 Å².